The number of nitrogens with zero attached hydrogens (tertiary/aromatic N) is 3. The van der Waals surface area contributed by atoms with Gasteiger partial charge in [0.1, 0.15) is 5.82 Å². The lowest BCUT2D eigenvalue weighted by atomic mass is 10.1. The molecule has 0 aliphatic rings. The highest BCUT2D eigenvalue weighted by Gasteiger charge is 2.15. The maximum absolute atomic E-state index is 9.64. The van der Waals surface area contributed by atoms with Crippen molar-refractivity contribution >= 4 is 11.8 Å². The highest BCUT2D eigenvalue weighted by Crippen LogP contribution is 2.21. The van der Waals surface area contributed by atoms with Crippen molar-refractivity contribution in [3.8, 4) is 11.3 Å². The van der Waals surface area contributed by atoms with Gasteiger partial charge in [-0.25, -0.2) is 4.98 Å². The Balaban J connectivity index is 1.80. The molecule has 0 unspecified atom stereocenters. The molecule has 146 valence electrons. The fourth-order valence-electron chi connectivity index (χ4n) is 2.83. The van der Waals surface area contributed by atoms with Crippen LogP contribution in [0.4, 0.5) is 11.8 Å². The van der Waals surface area contributed by atoms with Gasteiger partial charge in [-0.2, -0.15) is 4.98 Å². The van der Waals surface area contributed by atoms with Gasteiger partial charge in [0.05, 0.1) is 18.3 Å². The molecule has 28 heavy (non-hydrogen) atoms. The van der Waals surface area contributed by atoms with Gasteiger partial charge >= 0.3 is 0 Å². The number of aliphatic hydroxyl groups excluding tert-OH is 1. The van der Waals surface area contributed by atoms with Crippen molar-refractivity contribution < 1.29 is 5.11 Å². The number of benzene rings is 1. The molecule has 0 saturated heterocycles. The average Bonchev–Trinajstić information content (AvgIpc) is 2.73. The van der Waals surface area contributed by atoms with E-state index in [-0.39, 0.29) is 18.6 Å². The number of hydrogen-bond acceptors (Lipinski definition) is 6. The Kier molecular flexibility index (Phi) is 6.92. The molecule has 0 fully saturated rings. The monoisotopic (exact) mass is 377 g/mol. The molecule has 3 rings (SSSR count). The van der Waals surface area contributed by atoms with Crippen molar-refractivity contribution in [1.82, 2.24) is 15.0 Å². The molecule has 0 spiro atoms. The zero-order valence-corrected chi connectivity index (χ0v) is 16.3. The molecule has 0 aliphatic heterocycles. The van der Waals surface area contributed by atoms with Gasteiger partial charge in [-0.3, -0.25) is 4.98 Å². The van der Waals surface area contributed by atoms with Crippen LogP contribution in [-0.2, 0) is 6.42 Å². The summed E-state index contributed by atoms with van der Waals surface area (Å²) in [5, 5.41) is 16.3. The van der Waals surface area contributed by atoms with Gasteiger partial charge < -0.3 is 15.7 Å². The third kappa shape index (κ3) is 5.50. The van der Waals surface area contributed by atoms with Crippen molar-refractivity contribution in [2.75, 3.05) is 23.8 Å². The summed E-state index contributed by atoms with van der Waals surface area (Å²) in [5.74, 6) is 1.49. The molecule has 0 amide bonds. The van der Waals surface area contributed by atoms with E-state index in [9.17, 15) is 5.11 Å². The first-order chi connectivity index (χ1) is 13.7. The zero-order chi connectivity index (χ0) is 19.8. The Labute approximate surface area is 166 Å². The molecule has 6 heteroatoms. The van der Waals surface area contributed by atoms with Crippen molar-refractivity contribution in [2.24, 2.45) is 5.92 Å². The smallest absolute Gasteiger partial charge is 0.225 e. The van der Waals surface area contributed by atoms with E-state index in [1.54, 1.807) is 12.4 Å². The summed E-state index contributed by atoms with van der Waals surface area (Å²) in [5.41, 5.74) is 2.98. The van der Waals surface area contributed by atoms with Crippen molar-refractivity contribution in [2.45, 2.75) is 26.3 Å². The molecular weight excluding hydrogens is 350 g/mol. The Bertz CT molecular complexity index is 855. The quantitative estimate of drug-likeness (QED) is 0.528. The first-order valence-corrected chi connectivity index (χ1v) is 9.60. The van der Waals surface area contributed by atoms with E-state index in [1.165, 1.54) is 5.56 Å². The third-order valence-corrected chi connectivity index (χ3v) is 4.56. The van der Waals surface area contributed by atoms with E-state index in [4.69, 9.17) is 0 Å². The second kappa shape index (κ2) is 9.80. The van der Waals surface area contributed by atoms with Crippen LogP contribution in [0.15, 0.2) is 60.9 Å². The largest absolute Gasteiger partial charge is 0.394 e. The zero-order valence-electron chi connectivity index (χ0n) is 16.3. The minimum atomic E-state index is -0.110. The van der Waals surface area contributed by atoms with E-state index in [2.05, 4.69) is 51.6 Å². The average molecular weight is 377 g/mol. The standard InChI is InChI=1S/C22H27N5O/c1-16(2)20(15-28)26-22-25-19(18-9-6-11-23-14-18)13-21(27-22)24-12-10-17-7-4-3-5-8-17/h3-9,11,13-14,16,20,28H,10,12,15H2,1-2H3,(H2,24,25,26,27)/t20-/m0/s1. The number of hydrogen-bond donors (Lipinski definition) is 3. The van der Waals surface area contributed by atoms with Gasteiger partial charge in [0.25, 0.3) is 0 Å². The van der Waals surface area contributed by atoms with Crippen LogP contribution in [0, 0.1) is 5.92 Å². The van der Waals surface area contributed by atoms with E-state index < -0.39 is 0 Å². The van der Waals surface area contributed by atoms with Gasteiger partial charge in [-0.15, -0.1) is 0 Å². The molecule has 0 bridgehead atoms. The third-order valence-electron chi connectivity index (χ3n) is 4.56. The minimum absolute atomic E-state index is 0.0227. The Morgan fingerprint density at radius 1 is 1.04 bits per heavy atom. The normalized spacial score (nSPS) is 12.0. The highest BCUT2D eigenvalue weighted by molar-refractivity contribution is 5.63. The van der Waals surface area contributed by atoms with Crippen LogP contribution >= 0.6 is 0 Å². The van der Waals surface area contributed by atoms with Crippen molar-refractivity contribution in [3.05, 3.63) is 66.5 Å². The lowest BCUT2D eigenvalue weighted by Crippen LogP contribution is -2.30. The number of pyridine rings is 1. The lowest BCUT2D eigenvalue weighted by molar-refractivity contribution is 0.248. The summed E-state index contributed by atoms with van der Waals surface area (Å²) in [6.45, 7) is 4.89. The Morgan fingerprint density at radius 3 is 2.54 bits per heavy atom. The maximum atomic E-state index is 9.64. The van der Waals surface area contributed by atoms with Crippen LogP contribution in [-0.4, -0.2) is 39.3 Å². The summed E-state index contributed by atoms with van der Waals surface area (Å²) >= 11 is 0. The molecule has 1 aromatic carbocycles. The fourth-order valence-corrected chi connectivity index (χ4v) is 2.83. The predicted molar refractivity (Wildman–Crippen MR) is 113 cm³/mol. The molecule has 0 radical (unpaired) electrons. The lowest BCUT2D eigenvalue weighted by Gasteiger charge is -2.20. The first-order valence-electron chi connectivity index (χ1n) is 9.60. The van der Waals surface area contributed by atoms with Crippen LogP contribution in [0.5, 0.6) is 0 Å². The van der Waals surface area contributed by atoms with Crippen molar-refractivity contribution in [3.63, 3.8) is 0 Å². The van der Waals surface area contributed by atoms with Crippen LogP contribution in [0.1, 0.15) is 19.4 Å². The summed E-state index contributed by atoms with van der Waals surface area (Å²) in [6.07, 6.45) is 4.43. The molecule has 2 aromatic heterocycles. The second-order valence-corrected chi connectivity index (χ2v) is 7.04. The first kappa shape index (κ1) is 19.8. The molecule has 0 aliphatic carbocycles. The summed E-state index contributed by atoms with van der Waals surface area (Å²) < 4.78 is 0. The van der Waals surface area contributed by atoms with Crippen LogP contribution < -0.4 is 10.6 Å². The SMILES string of the molecule is CC(C)[C@H](CO)Nc1nc(NCCc2ccccc2)cc(-c2cccnc2)n1. The van der Waals surface area contributed by atoms with Crippen LogP contribution in [0.2, 0.25) is 0 Å². The predicted octanol–water partition coefficient (Wildman–Crippen LogP) is 3.62. The minimum Gasteiger partial charge on any atom is -0.394 e. The second-order valence-electron chi connectivity index (χ2n) is 7.04. The number of nitrogens with one attached hydrogen (secondary N) is 2. The molecule has 6 nitrogen and oxygen atoms in total. The molecule has 3 N–H and O–H groups in total. The van der Waals surface area contributed by atoms with E-state index in [1.807, 2.05) is 36.4 Å². The van der Waals surface area contributed by atoms with Crippen molar-refractivity contribution in [1.29, 1.82) is 0 Å². The van der Waals surface area contributed by atoms with Gasteiger partial charge in [0, 0.05) is 30.6 Å². The van der Waals surface area contributed by atoms with Gasteiger partial charge in [-0.1, -0.05) is 44.2 Å². The van der Waals surface area contributed by atoms with Gasteiger partial charge in [0.15, 0.2) is 0 Å². The van der Waals surface area contributed by atoms with Gasteiger partial charge in [0.2, 0.25) is 5.95 Å². The summed E-state index contributed by atoms with van der Waals surface area (Å²) in [7, 11) is 0. The maximum Gasteiger partial charge on any atom is 0.225 e. The number of aromatic nitrogens is 3. The Morgan fingerprint density at radius 2 is 1.86 bits per heavy atom. The number of aliphatic hydroxyl groups is 1. The summed E-state index contributed by atoms with van der Waals surface area (Å²) in [6, 6.07) is 16.0. The Hall–Kier alpha value is -2.99. The molecular formula is C22H27N5O. The summed E-state index contributed by atoms with van der Waals surface area (Å²) in [4.78, 5) is 13.4. The molecule has 3 aromatic rings. The van der Waals surface area contributed by atoms with E-state index in [0.29, 0.717) is 5.95 Å². The van der Waals surface area contributed by atoms with Crippen LogP contribution in [0.3, 0.4) is 0 Å². The fraction of sp³-hybridized carbons (Fsp3) is 0.318. The number of anilines is 2. The highest BCUT2D eigenvalue weighted by atomic mass is 16.3. The van der Waals surface area contributed by atoms with Crippen LogP contribution in [0.25, 0.3) is 11.3 Å². The molecule has 2 heterocycles. The molecule has 0 saturated carbocycles. The topological polar surface area (TPSA) is 83.0 Å². The van der Waals surface area contributed by atoms with Gasteiger partial charge in [-0.05, 0) is 30.0 Å². The van der Waals surface area contributed by atoms with E-state index >= 15 is 0 Å². The van der Waals surface area contributed by atoms with E-state index in [0.717, 1.165) is 30.0 Å². The molecule has 1 atom stereocenters. The number of rotatable bonds is 9.